The molecule has 3 heterocycles. The van der Waals surface area contributed by atoms with Crippen LogP contribution >= 0.6 is 0 Å². The lowest BCUT2D eigenvalue weighted by atomic mass is 10.2. The molecule has 1 N–H and O–H groups in total. The summed E-state index contributed by atoms with van der Waals surface area (Å²) in [6.45, 7) is 2.40. The molecule has 2 aromatic heterocycles. The Hall–Kier alpha value is -1.85. The Morgan fingerprint density at radius 3 is 2.95 bits per heavy atom. The van der Waals surface area contributed by atoms with E-state index in [0.717, 1.165) is 43.4 Å². The molecule has 0 spiro atoms. The van der Waals surface area contributed by atoms with E-state index in [2.05, 4.69) is 20.3 Å². The van der Waals surface area contributed by atoms with Crippen molar-refractivity contribution in [3.8, 4) is 11.4 Å². The summed E-state index contributed by atoms with van der Waals surface area (Å²) in [5, 5.41) is 3.41. The second-order valence-corrected chi connectivity index (χ2v) is 4.50. The second-order valence-electron chi connectivity index (χ2n) is 4.50. The third-order valence-electron chi connectivity index (χ3n) is 3.06. The predicted molar refractivity (Wildman–Crippen MR) is 71.6 cm³/mol. The lowest BCUT2D eigenvalue weighted by Gasteiger charge is -2.23. The van der Waals surface area contributed by atoms with Gasteiger partial charge < -0.3 is 10.1 Å². The molecule has 19 heavy (non-hydrogen) atoms. The van der Waals surface area contributed by atoms with Gasteiger partial charge in [0.2, 0.25) is 0 Å². The summed E-state index contributed by atoms with van der Waals surface area (Å²) >= 11 is 0. The number of aromatic nitrogens is 3. The summed E-state index contributed by atoms with van der Waals surface area (Å²) in [5.41, 5.74) is 1.74. The zero-order valence-corrected chi connectivity index (χ0v) is 10.6. The molecule has 1 fully saturated rings. The van der Waals surface area contributed by atoms with E-state index >= 15 is 0 Å². The molecule has 1 saturated heterocycles. The molecule has 5 heteroatoms. The van der Waals surface area contributed by atoms with E-state index in [1.165, 1.54) is 0 Å². The lowest BCUT2D eigenvalue weighted by molar-refractivity contribution is 0.0764. The molecule has 98 valence electrons. The van der Waals surface area contributed by atoms with Crippen molar-refractivity contribution in [1.82, 2.24) is 20.3 Å². The highest BCUT2D eigenvalue weighted by molar-refractivity contribution is 5.52. The minimum absolute atomic E-state index is 0.299. The molecule has 1 unspecified atom stereocenters. The second kappa shape index (κ2) is 5.86. The predicted octanol–water partition coefficient (Wildman–Crippen LogP) is 1.07. The molecule has 0 saturated carbocycles. The van der Waals surface area contributed by atoms with Gasteiger partial charge in [-0.2, -0.15) is 0 Å². The van der Waals surface area contributed by atoms with Gasteiger partial charge in [0.15, 0.2) is 0 Å². The molecule has 0 amide bonds. The van der Waals surface area contributed by atoms with Gasteiger partial charge in [-0.3, -0.25) is 4.98 Å². The van der Waals surface area contributed by atoms with Gasteiger partial charge in [-0.15, -0.1) is 0 Å². The van der Waals surface area contributed by atoms with Crippen LogP contribution in [0.5, 0.6) is 0 Å². The smallest absolute Gasteiger partial charge is 0.130 e. The average Bonchev–Trinajstić information content (AvgIpc) is 2.49. The first-order valence-corrected chi connectivity index (χ1v) is 6.46. The number of pyridine rings is 1. The van der Waals surface area contributed by atoms with E-state index < -0.39 is 0 Å². The van der Waals surface area contributed by atoms with E-state index in [1.54, 1.807) is 12.4 Å². The fourth-order valence-corrected chi connectivity index (χ4v) is 2.13. The minimum atomic E-state index is 0.299. The fourth-order valence-electron chi connectivity index (χ4n) is 2.13. The van der Waals surface area contributed by atoms with Crippen LogP contribution in [0.15, 0.2) is 36.7 Å². The van der Waals surface area contributed by atoms with Crippen molar-refractivity contribution >= 4 is 0 Å². The van der Waals surface area contributed by atoms with Crippen molar-refractivity contribution in [2.45, 2.75) is 12.5 Å². The SMILES string of the molecule is c1ccc(-c2ccnc(CC3COCCN3)n2)nc1. The zero-order chi connectivity index (χ0) is 12.9. The summed E-state index contributed by atoms with van der Waals surface area (Å²) in [7, 11) is 0. The van der Waals surface area contributed by atoms with Crippen molar-refractivity contribution < 1.29 is 4.74 Å². The molecule has 3 rings (SSSR count). The Balaban J connectivity index is 1.76. The van der Waals surface area contributed by atoms with Crippen molar-refractivity contribution in [2.75, 3.05) is 19.8 Å². The number of ether oxygens (including phenoxy) is 1. The summed E-state index contributed by atoms with van der Waals surface area (Å²) in [6.07, 6.45) is 4.34. The number of morpholine rings is 1. The minimum Gasteiger partial charge on any atom is -0.379 e. The summed E-state index contributed by atoms with van der Waals surface area (Å²) in [5.74, 6) is 0.825. The van der Waals surface area contributed by atoms with Gasteiger partial charge in [-0.1, -0.05) is 6.07 Å². The quantitative estimate of drug-likeness (QED) is 0.890. The molecule has 2 aromatic rings. The van der Waals surface area contributed by atoms with Crippen LogP contribution in [0, 0.1) is 0 Å². The summed E-state index contributed by atoms with van der Waals surface area (Å²) in [6, 6.07) is 7.99. The number of nitrogens with zero attached hydrogens (tertiary/aromatic N) is 3. The van der Waals surface area contributed by atoms with Crippen molar-refractivity contribution in [1.29, 1.82) is 0 Å². The zero-order valence-electron chi connectivity index (χ0n) is 10.6. The van der Waals surface area contributed by atoms with Crippen LogP contribution in [0.4, 0.5) is 0 Å². The number of hydrogen-bond acceptors (Lipinski definition) is 5. The average molecular weight is 256 g/mol. The van der Waals surface area contributed by atoms with Gasteiger partial charge in [0.05, 0.1) is 24.6 Å². The van der Waals surface area contributed by atoms with Gasteiger partial charge in [-0.05, 0) is 18.2 Å². The normalized spacial score (nSPS) is 19.3. The topological polar surface area (TPSA) is 59.9 Å². The van der Waals surface area contributed by atoms with Crippen LogP contribution in [0.3, 0.4) is 0 Å². The maximum Gasteiger partial charge on any atom is 0.130 e. The van der Waals surface area contributed by atoms with Crippen LogP contribution in [0.2, 0.25) is 0 Å². The highest BCUT2D eigenvalue weighted by atomic mass is 16.5. The van der Waals surface area contributed by atoms with Gasteiger partial charge >= 0.3 is 0 Å². The van der Waals surface area contributed by atoms with Crippen molar-refractivity contribution in [3.63, 3.8) is 0 Å². The van der Waals surface area contributed by atoms with E-state index in [-0.39, 0.29) is 0 Å². The van der Waals surface area contributed by atoms with Crippen LogP contribution in [-0.4, -0.2) is 40.8 Å². The van der Waals surface area contributed by atoms with Crippen molar-refractivity contribution in [2.24, 2.45) is 0 Å². The monoisotopic (exact) mass is 256 g/mol. The first-order valence-electron chi connectivity index (χ1n) is 6.46. The van der Waals surface area contributed by atoms with E-state index in [1.807, 2.05) is 24.3 Å². The van der Waals surface area contributed by atoms with Crippen LogP contribution in [0.1, 0.15) is 5.82 Å². The van der Waals surface area contributed by atoms with E-state index in [4.69, 9.17) is 4.74 Å². The first-order chi connectivity index (χ1) is 9.42. The summed E-state index contributed by atoms with van der Waals surface area (Å²) < 4.78 is 5.44. The molecule has 0 aliphatic carbocycles. The van der Waals surface area contributed by atoms with Crippen LogP contribution in [0.25, 0.3) is 11.4 Å². The Morgan fingerprint density at radius 1 is 1.16 bits per heavy atom. The maximum absolute atomic E-state index is 5.44. The van der Waals surface area contributed by atoms with Crippen molar-refractivity contribution in [3.05, 3.63) is 42.5 Å². The molecule has 0 bridgehead atoms. The van der Waals surface area contributed by atoms with Gasteiger partial charge in [0, 0.05) is 31.4 Å². The largest absolute Gasteiger partial charge is 0.379 e. The van der Waals surface area contributed by atoms with E-state index in [0.29, 0.717) is 6.04 Å². The van der Waals surface area contributed by atoms with Gasteiger partial charge in [-0.25, -0.2) is 9.97 Å². The highest BCUT2D eigenvalue weighted by Crippen LogP contribution is 2.13. The molecular formula is C14H16N4O. The number of nitrogens with one attached hydrogen (secondary N) is 1. The first kappa shape index (κ1) is 12.2. The third kappa shape index (κ3) is 3.13. The van der Waals surface area contributed by atoms with Crippen LogP contribution in [-0.2, 0) is 11.2 Å². The molecular weight excluding hydrogens is 240 g/mol. The third-order valence-corrected chi connectivity index (χ3v) is 3.06. The summed E-state index contributed by atoms with van der Waals surface area (Å²) in [4.78, 5) is 13.2. The Bertz CT molecular complexity index is 526. The fraction of sp³-hybridized carbons (Fsp3) is 0.357. The number of hydrogen-bond donors (Lipinski definition) is 1. The molecule has 1 atom stereocenters. The Labute approximate surface area is 112 Å². The Kier molecular flexibility index (Phi) is 3.76. The molecule has 1 aliphatic heterocycles. The standard InChI is InChI=1S/C14H16N4O/c1-2-5-16-12(3-1)13-4-6-17-14(18-13)9-11-10-19-8-7-15-11/h1-6,11,15H,7-10H2. The highest BCUT2D eigenvalue weighted by Gasteiger charge is 2.15. The molecule has 5 nitrogen and oxygen atoms in total. The van der Waals surface area contributed by atoms with E-state index in [9.17, 15) is 0 Å². The maximum atomic E-state index is 5.44. The molecule has 0 aromatic carbocycles. The van der Waals surface area contributed by atoms with Crippen LogP contribution < -0.4 is 5.32 Å². The molecule has 1 aliphatic rings. The lowest BCUT2D eigenvalue weighted by Crippen LogP contribution is -2.42. The number of rotatable bonds is 3. The Morgan fingerprint density at radius 2 is 2.16 bits per heavy atom. The van der Waals surface area contributed by atoms with Gasteiger partial charge in [0.1, 0.15) is 5.82 Å². The molecule has 0 radical (unpaired) electrons. The van der Waals surface area contributed by atoms with Gasteiger partial charge in [0.25, 0.3) is 0 Å².